The van der Waals surface area contributed by atoms with Gasteiger partial charge in [-0.1, -0.05) is 78.9 Å². The van der Waals surface area contributed by atoms with Crippen molar-refractivity contribution in [2.24, 2.45) is 0 Å². The molecule has 0 amide bonds. The van der Waals surface area contributed by atoms with Gasteiger partial charge < -0.3 is 24.6 Å². The van der Waals surface area contributed by atoms with Crippen molar-refractivity contribution in [3.8, 4) is 11.5 Å². The van der Waals surface area contributed by atoms with Crippen LogP contribution in [0.2, 0.25) is 0 Å². The van der Waals surface area contributed by atoms with Gasteiger partial charge in [0.15, 0.2) is 0 Å². The summed E-state index contributed by atoms with van der Waals surface area (Å²) in [6.07, 6.45) is 0.766. The van der Waals surface area contributed by atoms with E-state index in [1.54, 1.807) is 12.1 Å². The number of benzene rings is 4. The SMILES string of the molecule is COc1ccc(C2(O)c3ccccc3N(C(c3ccccc3)c3ccccc3)C2C=O)c(O)c1. The summed E-state index contributed by atoms with van der Waals surface area (Å²) in [5.74, 6) is 0.323. The Hall–Kier alpha value is -4.09. The second kappa shape index (κ2) is 8.69. The number of phenols is 1. The van der Waals surface area contributed by atoms with Gasteiger partial charge in [-0.05, 0) is 29.3 Å². The van der Waals surface area contributed by atoms with Crippen molar-refractivity contribution in [3.63, 3.8) is 0 Å². The van der Waals surface area contributed by atoms with Gasteiger partial charge in [0.1, 0.15) is 29.4 Å². The van der Waals surface area contributed by atoms with Crippen LogP contribution < -0.4 is 9.64 Å². The summed E-state index contributed by atoms with van der Waals surface area (Å²) < 4.78 is 5.22. The van der Waals surface area contributed by atoms with Gasteiger partial charge in [0.25, 0.3) is 0 Å². The number of aliphatic hydroxyl groups is 1. The molecule has 0 aromatic heterocycles. The summed E-state index contributed by atoms with van der Waals surface area (Å²) in [5, 5.41) is 23.1. The largest absolute Gasteiger partial charge is 0.507 e. The maximum Gasteiger partial charge on any atom is 0.147 e. The lowest BCUT2D eigenvalue weighted by atomic mass is 9.82. The predicted octanol–water partition coefficient (Wildman–Crippen LogP) is 4.81. The Morgan fingerprint density at radius 1 is 0.853 bits per heavy atom. The molecular weight excluding hydrogens is 426 g/mol. The molecule has 34 heavy (non-hydrogen) atoms. The molecule has 5 rings (SSSR count). The Balaban J connectivity index is 1.76. The van der Waals surface area contributed by atoms with E-state index in [2.05, 4.69) is 0 Å². The lowest BCUT2D eigenvalue weighted by molar-refractivity contribution is -0.113. The highest BCUT2D eigenvalue weighted by Crippen LogP contribution is 2.53. The number of rotatable bonds is 6. The van der Waals surface area contributed by atoms with E-state index < -0.39 is 11.6 Å². The number of fused-ring (bicyclic) bond motifs is 1. The molecule has 5 nitrogen and oxygen atoms in total. The Morgan fingerprint density at radius 2 is 1.44 bits per heavy atom. The van der Waals surface area contributed by atoms with Gasteiger partial charge in [-0.2, -0.15) is 0 Å². The number of carbonyl (C=O) groups is 1. The summed E-state index contributed by atoms with van der Waals surface area (Å²) in [7, 11) is 1.51. The zero-order valence-corrected chi connectivity index (χ0v) is 18.7. The predicted molar refractivity (Wildman–Crippen MR) is 131 cm³/mol. The minimum Gasteiger partial charge on any atom is -0.507 e. The molecule has 4 aromatic rings. The lowest BCUT2D eigenvalue weighted by Gasteiger charge is -2.38. The highest BCUT2D eigenvalue weighted by molar-refractivity contribution is 5.81. The zero-order valence-electron chi connectivity index (χ0n) is 18.7. The third-order valence-corrected chi connectivity index (χ3v) is 6.57. The Labute approximate surface area is 198 Å². The summed E-state index contributed by atoms with van der Waals surface area (Å²) >= 11 is 0. The average molecular weight is 452 g/mol. The minimum absolute atomic E-state index is 0.138. The number of aromatic hydroxyl groups is 1. The number of methoxy groups -OCH3 is 1. The molecule has 5 heteroatoms. The summed E-state index contributed by atoms with van der Waals surface area (Å²) in [5.41, 5.74) is 1.74. The molecule has 0 spiro atoms. The standard InChI is InChI=1S/C29H25NO4/c1-34-22-16-17-24(26(32)18-22)29(33)23-14-8-9-15-25(23)30(27(29)19-31)28(20-10-4-2-5-11-20)21-12-6-3-7-13-21/h2-19,27-28,32-33H,1H3. The first-order valence-electron chi connectivity index (χ1n) is 11.1. The van der Waals surface area contributed by atoms with E-state index in [4.69, 9.17) is 4.74 Å². The third-order valence-electron chi connectivity index (χ3n) is 6.57. The quantitative estimate of drug-likeness (QED) is 0.412. The number of hydrogen-bond acceptors (Lipinski definition) is 5. The first-order valence-corrected chi connectivity index (χ1v) is 11.1. The number of nitrogens with zero attached hydrogens (tertiary/aromatic N) is 1. The van der Waals surface area contributed by atoms with Crippen LogP contribution in [0.15, 0.2) is 103 Å². The van der Waals surface area contributed by atoms with Crippen LogP contribution in [0, 0.1) is 0 Å². The van der Waals surface area contributed by atoms with Crippen LogP contribution in [-0.4, -0.2) is 29.7 Å². The minimum atomic E-state index is -1.77. The molecule has 0 radical (unpaired) electrons. The van der Waals surface area contributed by atoms with E-state index >= 15 is 0 Å². The number of phenolic OH excluding ortho intramolecular Hbond substituents is 1. The molecule has 1 aliphatic rings. The van der Waals surface area contributed by atoms with E-state index in [0.29, 0.717) is 11.3 Å². The van der Waals surface area contributed by atoms with Crippen LogP contribution in [0.5, 0.6) is 11.5 Å². The van der Waals surface area contributed by atoms with Crippen molar-refractivity contribution in [2.75, 3.05) is 12.0 Å². The van der Waals surface area contributed by atoms with Gasteiger partial charge in [0, 0.05) is 22.9 Å². The third kappa shape index (κ3) is 3.33. The van der Waals surface area contributed by atoms with Crippen molar-refractivity contribution in [1.82, 2.24) is 0 Å². The molecule has 0 aliphatic carbocycles. The number of anilines is 1. The van der Waals surface area contributed by atoms with Crippen LogP contribution in [0.25, 0.3) is 0 Å². The van der Waals surface area contributed by atoms with E-state index in [9.17, 15) is 15.0 Å². The topological polar surface area (TPSA) is 70.0 Å². The second-order valence-electron chi connectivity index (χ2n) is 8.38. The van der Waals surface area contributed by atoms with Crippen LogP contribution in [0.3, 0.4) is 0 Å². The Bertz CT molecular complexity index is 1270. The molecule has 0 bridgehead atoms. The summed E-state index contributed by atoms with van der Waals surface area (Å²) in [4.78, 5) is 14.7. The molecular formula is C29H25NO4. The van der Waals surface area contributed by atoms with Gasteiger partial charge in [0.05, 0.1) is 13.2 Å². The molecule has 2 unspecified atom stereocenters. The highest BCUT2D eigenvalue weighted by Gasteiger charge is 2.54. The molecule has 1 heterocycles. The van der Waals surface area contributed by atoms with Crippen molar-refractivity contribution < 1.29 is 19.7 Å². The smallest absolute Gasteiger partial charge is 0.147 e. The fraction of sp³-hybridized carbons (Fsp3) is 0.138. The fourth-order valence-corrected chi connectivity index (χ4v) is 5.04. The van der Waals surface area contributed by atoms with Crippen molar-refractivity contribution in [2.45, 2.75) is 17.7 Å². The van der Waals surface area contributed by atoms with Gasteiger partial charge in [0.2, 0.25) is 0 Å². The van der Waals surface area contributed by atoms with Gasteiger partial charge in [-0.3, -0.25) is 0 Å². The number of carbonyl (C=O) groups excluding carboxylic acids is 1. The van der Waals surface area contributed by atoms with Gasteiger partial charge >= 0.3 is 0 Å². The lowest BCUT2D eigenvalue weighted by Crippen LogP contribution is -2.48. The average Bonchev–Trinajstić information content (AvgIpc) is 3.14. The molecule has 2 N–H and O–H groups in total. The molecule has 0 fully saturated rings. The van der Waals surface area contributed by atoms with E-state index in [0.717, 1.165) is 23.1 Å². The monoisotopic (exact) mass is 451 g/mol. The van der Waals surface area contributed by atoms with Gasteiger partial charge in [-0.25, -0.2) is 0 Å². The fourth-order valence-electron chi connectivity index (χ4n) is 5.04. The van der Waals surface area contributed by atoms with E-state index in [1.807, 2.05) is 89.8 Å². The van der Waals surface area contributed by atoms with Crippen molar-refractivity contribution >= 4 is 12.0 Å². The molecule has 2 atom stereocenters. The van der Waals surface area contributed by atoms with Crippen LogP contribution in [0.4, 0.5) is 5.69 Å². The first-order chi connectivity index (χ1) is 16.6. The zero-order chi connectivity index (χ0) is 23.7. The maximum absolute atomic E-state index is 12.8. The van der Waals surface area contributed by atoms with Gasteiger partial charge in [-0.15, -0.1) is 0 Å². The molecule has 4 aromatic carbocycles. The Morgan fingerprint density at radius 3 is 2.00 bits per heavy atom. The Kier molecular flexibility index (Phi) is 5.56. The molecule has 170 valence electrons. The number of hydrogen-bond donors (Lipinski definition) is 2. The summed E-state index contributed by atoms with van der Waals surface area (Å²) in [6, 6.07) is 30.7. The van der Waals surface area contributed by atoms with Crippen LogP contribution in [-0.2, 0) is 10.4 Å². The summed E-state index contributed by atoms with van der Waals surface area (Å²) in [6.45, 7) is 0. The number of para-hydroxylation sites is 1. The number of aldehydes is 1. The normalized spacial score (nSPS) is 19.1. The maximum atomic E-state index is 12.8. The van der Waals surface area contributed by atoms with Crippen LogP contribution in [0.1, 0.15) is 28.3 Å². The number of ether oxygens (including phenoxy) is 1. The van der Waals surface area contributed by atoms with E-state index in [-0.39, 0.29) is 17.4 Å². The van der Waals surface area contributed by atoms with Crippen molar-refractivity contribution in [3.05, 3.63) is 125 Å². The van der Waals surface area contributed by atoms with E-state index in [1.165, 1.54) is 13.2 Å². The molecule has 1 aliphatic heterocycles. The molecule has 0 saturated carbocycles. The molecule has 0 saturated heterocycles. The second-order valence-corrected chi connectivity index (χ2v) is 8.38. The van der Waals surface area contributed by atoms with Crippen LogP contribution >= 0.6 is 0 Å². The highest BCUT2D eigenvalue weighted by atomic mass is 16.5. The van der Waals surface area contributed by atoms with Crippen molar-refractivity contribution in [1.29, 1.82) is 0 Å². The first kappa shape index (κ1) is 21.7.